The molecule has 0 amide bonds. The van der Waals surface area contributed by atoms with Crippen molar-refractivity contribution in [2.45, 2.75) is 19.8 Å². The van der Waals surface area contributed by atoms with E-state index in [1.807, 2.05) is 19.2 Å². The van der Waals surface area contributed by atoms with E-state index < -0.39 is 0 Å². The Kier molecular flexibility index (Phi) is 4.39. The molecule has 0 aliphatic rings. The van der Waals surface area contributed by atoms with Gasteiger partial charge in [-0.2, -0.15) is 5.10 Å². The predicted molar refractivity (Wildman–Crippen MR) is 59.4 cm³/mol. The van der Waals surface area contributed by atoms with E-state index in [9.17, 15) is 0 Å². The van der Waals surface area contributed by atoms with Crippen LogP contribution in [0.5, 0.6) is 0 Å². The molecule has 1 radical (unpaired) electrons. The van der Waals surface area contributed by atoms with Gasteiger partial charge in [-0.25, -0.2) is 0 Å². The number of aromatic nitrogens is 3. The van der Waals surface area contributed by atoms with Gasteiger partial charge in [0.15, 0.2) is 0 Å². The molecule has 1 aromatic heterocycles. The minimum absolute atomic E-state index is 0. The second-order valence-electron chi connectivity index (χ2n) is 3.86. The summed E-state index contributed by atoms with van der Waals surface area (Å²) in [5, 5.41) is 4.08. The van der Waals surface area contributed by atoms with Gasteiger partial charge >= 0.3 is 0 Å². The molecule has 0 N–H and O–H groups in total. The van der Waals surface area contributed by atoms with Gasteiger partial charge in [-0.15, -0.1) is 35.4 Å². The van der Waals surface area contributed by atoms with Crippen molar-refractivity contribution in [3.05, 3.63) is 36.2 Å². The van der Waals surface area contributed by atoms with Gasteiger partial charge in [-0.3, -0.25) is 9.67 Å². The standard InChI is InChI=1S/C12H14N3.Ir/c1-9(2)10-6-4-5-7-11(10)12-13-8-14-15(12)3;/h4-6,8-9H,1-3H3;/q-1;. The van der Waals surface area contributed by atoms with Gasteiger partial charge in [0.2, 0.25) is 0 Å². The first kappa shape index (κ1) is 13.1. The zero-order valence-electron chi connectivity index (χ0n) is 9.56. The van der Waals surface area contributed by atoms with Gasteiger partial charge in [0.05, 0.1) is 5.82 Å². The zero-order chi connectivity index (χ0) is 10.8. The minimum atomic E-state index is 0. The van der Waals surface area contributed by atoms with Crippen LogP contribution in [0.15, 0.2) is 24.5 Å². The molecule has 1 aromatic carbocycles. The third kappa shape index (κ3) is 2.39. The van der Waals surface area contributed by atoms with Crippen LogP contribution in [0.2, 0.25) is 0 Å². The Morgan fingerprint density at radius 2 is 2.12 bits per heavy atom. The Labute approximate surface area is 109 Å². The molecule has 2 aromatic rings. The van der Waals surface area contributed by atoms with Crippen LogP contribution in [0, 0.1) is 6.07 Å². The normalized spacial score (nSPS) is 10.2. The van der Waals surface area contributed by atoms with Crippen molar-refractivity contribution in [1.29, 1.82) is 0 Å². The summed E-state index contributed by atoms with van der Waals surface area (Å²) in [6.07, 6.45) is 1.57. The molecule has 3 nitrogen and oxygen atoms in total. The monoisotopic (exact) mass is 393 g/mol. The summed E-state index contributed by atoms with van der Waals surface area (Å²) in [4.78, 5) is 4.25. The Morgan fingerprint density at radius 3 is 2.69 bits per heavy atom. The smallest absolute Gasteiger partial charge is 0.127 e. The fraction of sp³-hybridized carbons (Fsp3) is 0.333. The summed E-state index contributed by atoms with van der Waals surface area (Å²) in [6, 6.07) is 9.28. The van der Waals surface area contributed by atoms with E-state index in [1.165, 1.54) is 5.56 Å². The molecule has 4 heteroatoms. The summed E-state index contributed by atoms with van der Waals surface area (Å²) in [7, 11) is 1.90. The number of hydrogen-bond donors (Lipinski definition) is 0. The third-order valence-electron chi connectivity index (χ3n) is 2.45. The zero-order valence-corrected chi connectivity index (χ0v) is 12.0. The SMILES string of the molecule is CC(C)c1ccc[c-]c1-c1ncnn1C.[Ir]. The van der Waals surface area contributed by atoms with Crippen LogP contribution < -0.4 is 0 Å². The number of hydrogen-bond acceptors (Lipinski definition) is 2. The Bertz CT molecular complexity index is 463. The first-order valence-corrected chi connectivity index (χ1v) is 5.05. The molecule has 0 unspecified atom stereocenters. The molecule has 1 heterocycles. The molecule has 87 valence electrons. The molecule has 0 saturated heterocycles. The third-order valence-corrected chi connectivity index (χ3v) is 2.45. The van der Waals surface area contributed by atoms with Crippen LogP contribution in [-0.4, -0.2) is 14.8 Å². The van der Waals surface area contributed by atoms with E-state index in [-0.39, 0.29) is 20.1 Å². The second-order valence-corrected chi connectivity index (χ2v) is 3.86. The number of nitrogens with zero attached hydrogens (tertiary/aromatic N) is 3. The van der Waals surface area contributed by atoms with Crippen molar-refractivity contribution in [2.24, 2.45) is 7.05 Å². The van der Waals surface area contributed by atoms with Crippen LogP contribution >= 0.6 is 0 Å². The molecule has 0 atom stereocenters. The van der Waals surface area contributed by atoms with Gasteiger partial charge in [-0.05, 0) is 0 Å². The maximum atomic E-state index is 4.25. The Hall–Kier alpha value is -0.991. The van der Waals surface area contributed by atoms with Crippen molar-refractivity contribution in [2.75, 3.05) is 0 Å². The Balaban J connectivity index is 0.00000128. The van der Waals surface area contributed by atoms with Crippen LogP contribution in [0.3, 0.4) is 0 Å². The van der Waals surface area contributed by atoms with Crippen molar-refractivity contribution in [3.8, 4) is 11.4 Å². The Morgan fingerprint density at radius 1 is 1.38 bits per heavy atom. The predicted octanol–water partition coefficient (Wildman–Crippen LogP) is 2.40. The first-order chi connectivity index (χ1) is 7.20. The maximum absolute atomic E-state index is 4.25. The molecular formula is C12H14IrN3-. The average Bonchev–Trinajstić information content (AvgIpc) is 2.64. The molecule has 0 aliphatic heterocycles. The van der Waals surface area contributed by atoms with Crippen molar-refractivity contribution >= 4 is 0 Å². The average molecular weight is 392 g/mol. The molecule has 0 aliphatic carbocycles. The molecule has 16 heavy (non-hydrogen) atoms. The van der Waals surface area contributed by atoms with E-state index in [0.717, 1.165) is 11.4 Å². The molecular weight excluding hydrogens is 378 g/mol. The van der Waals surface area contributed by atoms with Crippen LogP contribution in [0.4, 0.5) is 0 Å². The van der Waals surface area contributed by atoms with Gasteiger partial charge in [0.1, 0.15) is 6.33 Å². The van der Waals surface area contributed by atoms with Crippen LogP contribution in [-0.2, 0) is 27.2 Å². The van der Waals surface area contributed by atoms with Crippen molar-refractivity contribution < 1.29 is 20.1 Å². The summed E-state index contributed by atoms with van der Waals surface area (Å²) >= 11 is 0. The molecule has 0 spiro atoms. The van der Waals surface area contributed by atoms with Crippen molar-refractivity contribution in [1.82, 2.24) is 14.8 Å². The second kappa shape index (κ2) is 5.37. The van der Waals surface area contributed by atoms with Crippen LogP contribution in [0.1, 0.15) is 25.3 Å². The van der Waals surface area contributed by atoms with Gasteiger partial charge < -0.3 is 0 Å². The number of aryl methyl sites for hydroxylation is 1. The van der Waals surface area contributed by atoms with Gasteiger partial charge in [-0.1, -0.05) is 19.8 Å². The summed E-state index contributed by atoms with van der Waals surface area (Å²) in [5.41, 5.74) is 2.31. The van der Waals surface area contributed by atoms with E-state index in [2.05, 4.69) is 36.1 Å². The fourth-order valence-electron chi connectivity index (χ4n) is 1.65. The van der Waals surface area contributed by atoms with E-state index >= 15 is 0 Å². The van der Waals surface area contributed by atoms with Crippen molar-refractivity contribution in [3.63, 3.8) is 0 Å². The minimum Gasteiger partial charge on any atom is -0.289 e. The number of benzene rings is 1. The number of rotatable bonds is 2. The quantitative estimate of drug-likeness (QED) is 0.735. The first-order valence-electron chi connectivity index (χ1n) is 5.05. The van der Waals surface area contributed by atoms with Crippen LogP contribution in [0.25, 0.3) is 11.4 Å². The molecule has 0 bridgehead atoms. The van der Waals surface area contributed by atoms with E-state index in [1.54, 1.807) is 11.0 Å². The summed E-state index contributed by atoms with van der Waals surface area (Å²) < 4.78 is 1.78. The topological polar surface area (TPSA) is 30.7 Å². The van der Waals surface area contributed by atoms with Gasteiger partial charge in [0, 0.05) is 27.2 Å². The summed E-state index contributed by atoms with van der Waals surface area (Å²) in [6.45, 7) is 4.34. The van der Waals surface area contributed by atoms with E-state index in [4.69, 9.17) is 0 Å². The maximum Gasteiger partial charge on any atom is 0.127 e. The fourth-order valence-corrected chi connectivity index (χ4v) is 1.65. The molecule has 0 saturated carbocycles. The largest absolute Gasteiger partial charge is 0.289 e. The van der Waals surface area contributed by atoms with Gasteiger partial charge in [0.25, 0.3) is 0 Å². The van der Waals surface area contributed by atoms with E-state index in [0.29, 0.717) is 5.92 Å². The molecule has 2 rings (SSSR count). The summed E-state index contributed by atoms with van der Waals surface area (Å²) in [5.74, 6) is 1.34. The molecule has 0 fully saturated rings.